The number of allylic oxidation sites excluding steroid dienone is 4. The number of halogens is 3. The molecule has 1 aliphatic rings. The first-order chi connectivity index (χ1) is 15.8. The van der Waals surface area contributed by atoms with Crippen LogP contribution in [0.5, 0.6) is 0 Å². The maximum atomic E-state index is 2.41. The Hall–Kier alpha value is -2.06. The minimum absolute atomic E-state index is 0. The number of hydrogen-bond acceptors (Lipinski definition) is 0. The molecule has 1 aliphatic carbocycles. The zero-order valence-corrected chi connectivity index (χ0v) is 23.0. The average Bonchev–Trinajstić information content (AvgIpc) is 3.22. The molecule has 35 heavy (non-hydrogen) atoms. The second-order valence-electron chi connectivity index (χ2n) is 8.29. The molecular weight excluding hydrogens is 527 g/mol. The number of benzene rings is 4. The van der Waals surface area contributed by atoms with Gasteiger partial charge in [-0.25, -0.2) is 0 Å². The fraction of sp³-hybridized carbons (Fsp3) is 0.0968. The van der Waals surface area contributed by atoms with Crippen LogP contribution < -0.4 is 37.2 Å². The van der Waals surface area contributed by atoms with Crippen molar-refractivity contribution in [1.82, 2.24) is 0 Å². The summed E-state index contributed by atoms with van der Waals surface area (Å²) < 4.78 is 1.40. The van der Waals surface area contributed by atoms with Gasteiger partial charge in [-0.15, -0.1) is 0 Å². The molecule has 0 nitrogen and oxygen atoms in total. The van der Waals surface area contributed by atoms with E-state index in [0.29, 0.717) is 0 Å². The first-order valence-corrected chi connectivity index (χ1v) is 11.9. The Bertz CT molecular complexity index is 1160. The molecule has 4 aromatic carbocycles. The van der Waals surface area contributed by atoms with E-state index in [0.717, 1.165) is 12.8 Å². The van der Waals surface area contributed by atoms with E-state index in [1.807, 2.05) is 0 Å². The average molecular weight is 552 g/mol. The molecule has 0 fully saturated rings. The third-order valence-electron chi connectivity index (χ3n) is 6.50. The van der Waals surface area contributed by atoms with Gasteiger partial charge in [-0.1, -0.05) is 0 Å². The van der Waals surface area contributed by atoms with E-state index in [-0.39, 0.29) is 42.6 Å². The van der Waals surface area contributed by atoms with Crippen LogP contribution in [-0.2, 0) is 32.3 Å². The molecule has 0 aromatic heterocycles. The summed E-state index contributed by atoms with van der Waals surface area (Å²) in [6, 6.07) is 44.0. The molecule has 4 heteroatoms. The summed E-state index contributed by atoms with van der Waals surface area (Å²) >= 11 is 2.27. The van der Waals surface area contributed by atoms with Crippen molar-refractivity contribution in [2.75, 3.05) is 0 Å². The third kappa shape index (κ3) is 5.69. The second kappa shape index (κ2) is 13.3. The van der Waals surface area contributed by atoms with Gasteiger partial charge in [0.15, 0.2) is 0 Å². The summed E-state index contributed by atoms with van der Waals surface area (Å²) in [6.45, 7) is 0. The van der Waals surface area contributed by atoms with Gasteiger partial charge in [0, 0.05) is 0 Å². The molecule has 0 saturated heterocycles. The van der Waals surface area contributed by atoms with Crippen molar-refractivity contribution in [2.24, 2.45) is 0 Å². The molecule has 0 N–H and O–H groups in total. The van der Waals surface area contributed by atoms with Crippen molar-refractivity contribution < 1.29 is 57.7 Å². The van der Waals surface area contributed by atoms with Crippen LogP contribution in [0.1, 0.15) is 28.7 Å². The van der Waals surface area contributed by atoms with Crippen molar-refractivity contribution in [2.45, 2.75) is 18.3 Å². The second-order valence-corrected chi connectivity index (χ2v) is 9.13. The molecule has 0 aliphatic heterocycles. The van der Waals surface area contributed by atoms with E-state index >= 15 is 0 Å². The molecule has 0 atom stereocenters. The van der Waals surface area contributed by atoms with Crippen LogP contribution in [0.15, 0.2) is 142 Å². The molecule has 0 saturated carbocycles. The van der Waals surface area contributed by atoms with E-state index in [2.05, 4.69) is 148 Å². The van der Waals surface area contributed by atoms with Gasteiger partial charge in [0.25, 0.3) is 0 Å². The van der Waals surface area contributed by atoms with Crippen molar-refractivity contribution >= 4 is 0 Å². The quantitative estimate of drug-likeness (QED) is 0.200. The zero-order chi connectivity index (χ0) is 21.8. The zero-order valence-electron chi connectivity index (χ0n) is 19.2. The molecule has 4 aromatic rings. The van der Waals surface area contributed by atoms with Crippen LogP contribution in [0.4, 0.5) is 0 Å². The Morgan fingerprint density at radius 3 is 1.31 bits per heavy atom. The predicted octanol–water partition coefficient (Wildman–Crippen LogP) is -1.59. The van der Waals surface area contributed by atoms with Crippen molar-refractivity contribution in [3.05, 3.63) is 165 Å². The first kappa shape index (κ1) is 29.2. The monoisotopic (exact) mass is 550 g/mol. The summed E-state index contributed by atoms with van der Waals surface area (Å²) in [5.41, 5.74) is 7.94. The fourth-order valence-electron chi connectivity index (χ4n) is 5.08. The Balaban J connectivity index is 0.00000144. The summed E-state index contributed by atoms with van der Waals surface area (Å²) in [7, 11) is 0. The fourth-order valence-corrected chi connectivity index (χ4v) is 5.61. The van der Waals surface area contributed by atoms with E-state index < -0.39 is 0 Å². The number of hydrogen-bond donors (Lipinski definition) is 0. The van der Waals surface area contributed by atoms with E-state index in [1.54, 1.807) is 0 Å². The van der Waals surface area contributed by atoms with Crippen LogP contribution >= 0.6 is 0 Å². The van der Waals surface area contributed by atoms with Gasteiger partial charge in [0.05, 0.1) is 0 Å². The van der Waals surface area contributed by atoms with Gasteiger partial charge in [-0.3, -0.25) is 0 Å². The third-order valence-corrected chi connectivity index (χ3v) is 7.29. The molecule has 0 radical (unpaired) electrons. The topological polar surface area (TPSA) is 0 Å². The van der Waals surface area contributed by atoms with Crippen LogP contribution in [0, 0.1) is 0 Å². The SMILES string of the molecule is [Cl-].[Cl-].[Cl-].[Ti+3][C]1=CCC(C(c2ccccc2)(c2ccccc2)c2ccccc2)=C1Cc1ccccc1. The number of rotatable bonds is 6. The molecule has 5 rings (SSSR count). The Morgan fingerprint density at radius 1 is 0.543 bits per heavy atom. The molecule has 0 bridgehead atoms. The van der Waals surface area contributed by atoms with E-state index in [9.17, 15) is 0 Å². The van der Waals surface area contributed by atoms with Gasteiger partial charge in [-0.05, 0) is 0 Å². The van der Waals surface area contributed by atoms with Gasteiger partial charge in [0.1, 0.15) is 0 Å². The van der Waals surface area contributed by atoms with E-state index in [4.69, 9.17) is 0 Å². The van der Waals surface area contributed by atoms with Gasteiger partial charge >= 0.3 is 203 Å². The summed E-state index contributed by atoms with van der Waals surface area (Å²) in [4.78, 5) is 0. The molecule has 0 unspecified atom stereocenters. The molecule has 0 spiro atoms. The van der Waals surface area contributed by atoms with Crippen molar-refractivity contribution in [3.8, 4) is 0 Å². The van der Waals surface area contributed by atoms with E-state index in [1.165, 1.54) is 37.3 Å². The van der Waals surface area contributed by atoms with Crippen molar-refractivity contribution in [3.63, 3.8) is 0 Å². The Kier molecular flexibility index (Phi) is 11.1. The normalized spacial score (nSPS) is 12.7. The Labute approximate surface area is 239 Å². The molecule has 174 valence electrons. The minimum atomic E-state index is -0.331. The standard InChI is InChI=1S/C31H25.3ClH.Ti/c1-5-14-25(15-6-1)24-26-16-13-23-30(26)31(27-17-7-2-8-18-27,28-19-9-3-10-20-28)29-21-11-4-12-22-29;;;;/h1-15,17-22H,23-24H2;3*1H;/q;;;;+3/p-3. The van der Waals surface area contributed by atoms with Gasteiger partial charge < -0.3 is 37.2 Å². The van der Waals surface area contributed by atoms with Gasteiger partial charge in [0.2, 0.25) is 0 Å². The molecule has 0 heterocycles. The van der Waals surface area contributed by atoms with Crippen molar-refractivity contribution in [1.29, 1.82) is 0 Å². The maximum absolute atomic E-state index is 2.41. The predicted molar refractivity (Wildman–Crippen MR) is 129 cm³/mol. The summed E-state index contributed by atoms with van der Waals surface area (Å²) in [5.74, 6) is 0. The molecular formula is C31H25Cl3Ti. The molecule has 0 amide bonds. The first-order valence-electron chi connectivity index (χ1n) is 11.2. The van der Waals surface area contributed by atoms with Crippen LogP contribution in [0.2, 0.25) is 0 Å². The Morgan fingerprint density at radius 2 is 0.914 bits per heavy atom. The summed E-state index contributed by atoms with van der Waals surface area (Å²) in [5, 5.41) is 0. The van der Waals surface area contributed by atoms with Crippen LogP contribution in [0.25, 0.3) is 0 Å². The van der Waals surface area contributed by atoms with Crippen LogP contribution in [0.3, 0.4) is 0 Å². The summed E-state index contributed by atoms with van der Waals surface area (Å²) in [6.07, 6.45) is 4.33. The van der Waals surface area contributed by atoms with Gasteiger partial charge in [-0.2, -0.15) is 0 Å². The van der Waals surface area contributed by atoms with Crippen LogP contribution in [-0.4, -0.2) is 0 Å².